The fourth-order valence-electron chi connectivity index (χ4n) is 3.13. The molecule has 8 nitrogen and oxygen atoms in total. The molecular formula is C20H24N6O2. The average Bonchev–Trinajstić information content (AvgIpc) is 3.35. The number of fused-ring (bicyclic) bond motifs is 1. The lowest BCUT2D eigenvalue weighted by Gasteiger charge is -2.28. The van der Waals surface area contributed by atoms with Crippen molar-refractivity contribution in [1.29, 1.82) is 0 Å². The Labute approximate surface area is 163 Å². The first kappa shape index (κ1) is 18.1. The van der Waals surface area contributed by atoms with Crippen molar-refractivity contribution in [2.75, 3.05) is 6.61 Å². The summed E-state index contributed by atoms with van der Waals surface area (Å²) < 4.78 is 13.1. The molecule has 146 valence electrons. The predicted molar refractivity (Wildman–Crippen MR) is 105 cm³/mol. The van der Waals surface area contributed by atoms with E-state index in [0.717, 1.165) is 35.1 Å². The van der Waals surface area contributed by atoms with Crippen LogP contribution in [0.25, 0.3) is 0 Å². The summed E-state index contributed by atoms with van der Waals surface area (Å²) in [5.41, 5.74) is 1.13. The minimum Gasteiger partial charge on any atom is -0.493 e. The van der Waals surface area contributed by atoms with E-state index >= 15 is 0 Å². The topological polar surface area (TPSA) is 89.5 Å². The molecule has 8 heteroatoms. The van der Waals surface area contributed by atoms with Gasteiger partial charge in [-0.15, -0.1) is 10.2 Å². The van der Waals surface area contributed by atoms with Crippen LogP contribution in [0.4, 0.5) is 0 Å². The summed E-state index contributed by atoms with van der Waals surface area (Å²) in [7, 11) is 1.94. The molecule has 3 aromatic rings. The van der Waals surface area contributed by atoms with Crippen molar-refractivity contribution >= 4 is 5.96 Å². The molecule has 1 aliphatic rings. The molecule has 0 fully saturated rings. The van der Waals surface area contributed by atoms with Gasteiger partial charge in [-0.3, -0.25) is 0 Å². The van der Waals surface area contributed by atoms with Gasteiger partial charge in [0, 0.05) is 19.0 Å². The SMILES string of the molecule is Cc1nnc(CN=C(NCc2ccco2)NC2CCOc3ccccc32)n1C. The maximum Gasteiger partial charge on any atom is 0.192 e. The lowest BCUT2D eigenvalue weighted by molar-refractivity contribution is 0.261. The highest BCUT2D eigenvalue weighted by Gasteiger charge is 2.22. The molecule has 1 aliphatic heterocycles. The Morgan fingerprint density at radius 2 is 2.14 bits per heavy atom. The maximum absolute atomic E-state index is 5.77. The Kier molecular flexibility index (Phi) is 5.27. The van der Waals surface area contributed by atoms with E-state index in [0.29, 0.717) is 25.7 Å². The van der Waals surface area contributed by atoms with Crippen molar-refractivity contribution < 1.29 is 9.15 Å². The molecule has 3 heterocycles. The van der Waals surface area contributed by atoms with Crippen LogP contribution in [0, 0.1) is 6.92 Å². The van der Waals surface area contributed by atoms with Gasteiger partial charge in [-0.2, -0.15) is 0 Å². The number of furan rings is 1. The molecular weight excluding hydrogens is 356 g/mol. The summed E-state index contributed by atoms with van der Waals surface area (Å²) in [6, 6.07) is 12.0. The zero-order chi connectivity index (χ0) is 19.3. The molecule has 2 aromatic heterocycles. The van der Waals surface area contributed by atoms with E-state index in [4.69, 9.17) is 14.1 Å². The number of hydrogen-bond donors (Lipinski definition) is 2. The summed E-state index contributed by atoms with van der Waals surface area (Å²) in [5.74, 6) is 4.13. The summed E-state index contributed by atoms with van der Waals surface area (Å²) >= 11 is 0. The van der Waals surface area contributed by atoms with Crippen molar-refractivity contribution in [3.05, 3.63) is 65.6 Å². The van der Waals surface area contributed by atoms with E-state index in [2.05, 4.69) is 26.9 Å². The van der Waals surface area contributed by atoms with Crippen molar-refractivity contribution in [3.63, 3.8) is 0 Å². The predicted octanol–water partition coefficient (Wildman–Crippen LogP) is 2.48. The Balaban J connectivity index is 1.52. The molecule has 1 atom stereocenters. The number of ether oxygens (including phenoxy) is 1. The van der Waals surface area contributed by atoms with E-state index < -0.39 is 0 Å². The van der Waals surface area contributed by atoms with E-state index in [1.165, 1.54) is 0 Å². The fourth-order valence-corrected chi connectivity index (χ4v) is 3.13. The summed E-state index contributed by atoms with van der Waals surface area (Å²) in [4.78, 5) is 4.72. The van der Waals surface area contributed by atoms with Gasteiger partial charge < -0.3 is 24.4 Å². The molecule has 0 spiro atoms. The Hall–Kier alpha value is -3.29. The van der Waals surface area contributed by atoms with Crippen LogP contribution in [0.15, 0.2) is 52.1 Å². The van der Waals surface area contributed by atoms with E-state index in [1.807, 2.05) is 48.9 Å². The van der Waals surface area contributed by atoms with Crippen LogP contribution < -0.4 is 15.4 Å². The van der Waals surface area contributed by atoms with Crippen molar-refractivity contribution in [1.82, 2.24) is 25.4 Å². The number of benzene rings is 1. The molecule has 0 saturated carbocycles. The van der Waals surface area contributed by atoms with Crippen LogP contribution in [0.5, 0.6) is 5.75 Å². The van der Waals surface area contributed by atoms with Crippen LogP contribution in [0.2, 0.25) is 0 Å². The number of aromatic nitrogens is 3. The second kappa shape index (κ2) is 8.16. The molecule has 2 N–H and O–H groups in total. The second-order valence-electron chi connectivity index (χ2n) is 6.69. The van der Waals surface area contributed by atoms with Gasteiger partial charge in [0.05, 0.1) is 25.5 Å². The normalized spacial score (nSPS) is 16.4. The van der Waals surface area contributed by atoms with Crippen molar-refractivity contribution in [2.45, 2.75) is 32.5 Å². The number of aliphatic imine (C=N–C) groups is 1. The van der Waals surface area contributed by atoms with Gasteiger partial charge in [-0.1, -0.05) is 18.2 Å². The van der Waals surface area contributed by atoms with Gasteiger partial charge in [-0.25, -0.2) is 4.99 Å². The van der Waals surface area contributed by atoms with E-state index in [-0.39, 0.29) is 6.04 Å². The Morgan fingerprint density at radius 1 is 1.25 bits per heavy atom. The lowest BCUT2D eigenvalue weighted by Crippen LogP contribution is -2.40. The molecule has 0 amide bonds. The van der Waals surface area contributed by atoms with Crippen LogP contribution in [-0.4, -0.2) is 27.3 Å². The zero-order valence-electron chi connectivity index (χ0n) is 16.1. The first-order valence-corrected chi connectivity index (χ1v) is 9.34. The fraction of sp³-hybridized carbons (Fsp3) is 0.350. The minimum absolute atomic E-state index is 0.119. The van der Waals surface area contributed by atoms with Gasteiger partial charge >= 0.3 is 0 Å². The summed E-state index contributed by atoms with van der Waals surface area (Å²) in [6.07, 6.45) is 2.53. The highest BCUT2D eigenvalue weighted by atomic mass is 16.5. The molecule has 0 radical (unpaired) electrons. The number of guanidine groups is 1. The van der Waals surface area contributed by atoms with E-state index in [1.54, 1.807) is 6.26 Å². The van der Waals surface area contributed by atoms with Crippen LogP contribution in [0.3, 0.4) is 0 Å². The van der Waals surface area contributed by atoms with Crippen molar-refractivity contribution in [3.8, 4) is 5.75 Å². The monoisotopic (exact) mass is 380 g/mol. The standard InChI is InChI=1S/C20H24N6O2/c1-14-24-25-19(26(14)2)13-22-20(21-12-15-6-5-10-27-15)23-17-9-11-28-18-8-4-3-7-16(17)18/h3-8,10,17H,9,11-13H2,1-2H3,(H2,21,22,23). The summed E-state index contributed by atoms with van der Waals surface area (Å²) in [6.45, 7) is 3.56. The third-order valence-corrected chi connectivity index (χ3v) is 4.84. The molecule has 0 bridgehead atoms. The first-order chi connectivity index (χ1) is 13.7. The van der Waals surface area contributed by atoms with Crippen LogP contribution >= 0.6 is 0 Å². The summed E-state index contributed by atoms with van der Waals surface area (Å²) in [5, 5.41) is 15.2. The third-order valence-electron chi connectivity index (χ3n) is 4.84. The molecule has 1 unspecified atom stereocenters. The number of rotatable bonds is 5. The number of nitrogens with zero attached hydrogens (tertiary/aromatic N) is 4. The average molecular weight is 380 g/mol. The van der Waals surface area contributed by atoms with Gasteiger partial charge in [0.1, 0.15) is 23.9 Å². The maximum atomic E-state index is 5.77. The first-order valence-electron chi connectivity index (χ1n) is 9.34. The lowest BCUT2D eigenvalue weighted by atomic mass is 10.0. The van der Waals surface area contributed by atoms with Crippen molar-refractivity contribution in [2.24, 2.45) is 12.0 Å². The highest BCUT2D eigenvalue weighted by molar-refractivity contribution is 5.80. The molecule has 1 aromatic carbocycles. The largest absolute Gasteiger partial charge is 0.493 e. The quantitative estimate of drug-likeness (QED) is 0.522. The third kappa shape index (κ3) is 4.00. The Bertz CT molecular complexity index is 948. The van der Waals surface area contributed by atoms with Gasteiger partial charge in [0.15, 0.2) is 11.8 Å². The molecule has 28 heavy (non-hydrogen) atoms. The number of aryl methyl sites for hydroxylation is 1. The molecule has 0 aliphatic carbocycles. The molecule has 0 saturated heterocycles. The number of hydrogen-bond acceptors (Lipinski definition) is 5. The number of nitrogens with one attached hydrogen (secondary N) is 2. The minimum atomic E-state index is 0.119. The van der Waals surface area contributed by atoms with Gasteiger partial charge in [-0.05, 0) is 25.1 Å². The van der Waals surface area contributed by atoms with Crippen LogP contribution in [0.1, 0.15) is 35.4 Å². The van der Waals surface area contributed by atoms with Gasteiger partial charge in [0.2, 0.25) is 0 Å². The smallest absolute Gasteiger partial charge is 0.192 e. The molecule has 4 rings (SSSR count). The zero-order valence-corrected chi connectivity index (χ0v) is 16.1. The highest BCUT2D eigenvalue weighted by Crippen LogP contribution is 2.31. The van der Waals surface area contributed by atoms with Gasteiger partial charge in [0.25, 0.3) is 0 Å². The van der Waals surface area contributed by atoms with Crippen LogP contribution in [-0.2, 0) is 20.1 Å². The Morgan fingerprint density at radius 3 is 2.93 bits per heavy atom. The van der Waals surface area contributed by atoms with E-state index in [9.17, 15) is 0 Å². The second-order valence-corrected chi connectivity index (χ2v) is 6.69. The number of para-hydroxylation sites is 1.